The van der Waals surface area contributed by atoms with Gasteiger partial charge in [0.1, 0.15) is 0 Å². The topological polar surface area (TPSA) is 3.24 Å². The Kier molecular flexibility index (Phi) is 8.90. The molecule has 0 radical (unpaired) electrons. The molecule has 1 nitrogen and oxygen atoms in total. The summed E-state index contributed by atoms with van der Waals surface area (Å²) >= 11 is 0. The largest absolute Gasteiger partial charge is 0.363 e. The summed E-state index contributed by atoms with van der Waals surface area (Å²) in [4.78, 5) is 2.77. The van der Waals surface area contributed by atoms with Crippen LogP contribution in [-0.2, 0) is 0 Å². The molecule has 0 heterocycles. The van der Waals surface area contributed by atoms with Crippen LogP contribution < -0.4 is 4.90 Å². The van der Waals surface area contributed by atoms with E-state index in [0.29, 0.717) is 16.9 Å². The van der Waals surface area contributed by atoms with Crippen molar-refractivity contribution in [3.63, 3.8) is 0 Å². The Balaban J connectivity index is 3.23. The molecule has 1 aromatic carbocycles. The monoisotopic (exact) mass is 373 g/mol. The van der Waals surface area contributed by atoms with E-state index in [9.17, 15) is 0 Å². The third kappa shape index (κ3) is 6.54. The van der Waals surface area contributed by atoms with Gasteiger partial charge >= 0.3 is 0 Å². The van der Waals surface area contributed by atoms with Crippen molar-refractivity contribution in [2.75, 3.05) is 4.90 Å². The zero-order valence-corrected chi connectivity index (χ0v) is 19.9. The van der Waals surface area contributed by atoms with Gasteiger partial charge in [-0.3, -0.25) is 0 Å². The molecule has 1 aromatic rings. The van der Waals surface area contributed by atoms with E-state index < -0.39 is 0 Å². The van der Waals surface area contributed by atoms with E-state index in [4.69, 9.17) is 0 Å². The van der Waals surface area contributed by atoms with Crippen LogP contribution in [0.25, 0.3) is 0 Å². The Morgan fingerprint density at radius 3 is 1.81 bits per heavy atom. The minimum absolute atomic E-state index is 0.178. The first-order valence-electron chi connectivity index (χ1n) is 11.4. The Bertz CT molecular complexity index is 528. The van der Waals surface area contributed by atoms with E-state index >= 15 is 0 Å². The van der Waals surface area contributed by atoms with Gasteiger partial charge in [0.05, 0.1) is 0 Å². The summed E-state index contributed by atoms with van der Waals surface area (Å²) in [6.07, 6.45) is 8.71. The lowest BCUT2D eigenvalue weighted by Gasteiger charge is -2.50. The number of rotatable bonds is 12. The van der Waals surface area contributed by atoms with Crippen molar-refractivity contribution < 1.29 is 0 Å². The fraction of sp³-hybridized carbons (Fsp3) is 0.769. The zero-order chi connectivity index (χ0) is 20.7. The third-order valence-electron chi connectivity index (χ3n) is 7.53. The van der Waals surface area contributed by atoms with E-state index in [1.54, 1.807) is 0 Å². The molecule has 27 heavy (non-hydrogen) atoms. The van der Waals surface area contributed by atoms with Crippen LogP contribution in [0.3, 0.4) is 0 Å². The predicted molar refractivity (Wildman–Crippen MR) is 124 cm³/mol. The van der Waals surface area contributed by atoms with Crippen molar-refractivity contribution in [2.45, 2.75) is 119 Å². The molecular weight excluding hydrogens is 326 g/mol. The third-order valence-corrected chi connectivity index (χ3v) is 7.53. The van der Waals surface area contributed by atoms with Crippen LogP contribution >= 0.6 is 0 Å². The Hall–Kier alpha value is -0.980. The van der Waals surface area contributed by atoms with Crippen LogP contribution in [0.15, 0.2) is 30.3 Å². The highest BCUT2D eigenvalue weighted by atomic mass is 15.2. The van der Waals surface area contributed by atoms with Crippen LogP contribution in [-0.4, -0.2) is 11.6 Å². The van der Waals surface area contributed by atoms with Gasteiger partial charge in [0.2, 0.25) is 0 Å². The summed E-state index contributed by atoms with van der Waals surface area (Å²) in [6.45, 7) is 21.7. The maximum Gasteiger partial charge on any atom is 0.0379 e. The summed E-state index contributed by atoms with van der Waals surface area (Å²) in [5.41, 5.74) is 2.40. The van der Waals surface area contributed by atoms with E-state index in [-0.39, 0.29) is 5.54 Å². The van der Waals surface area contributed by atoms with Gasteiger partial charge in [-0.2, -0.15) is 0 Å². The molecule has 0 aliphatic heterocycles. The summed E-state index contributed by atoms with van der Waals surface area (Å²) in [5.74, 6) is 0. The highest BCUT2D eigenvalue weighted by Crippen LogP contribution is 2.42. The Morgan fingerprint density at radius 2 is 1.37 bits per heavy atom. The van der Waals surface area contributed by atoms with Crippen LogP contribution in [0, 0.1) is 10.8 Å². The fourth-order valence-electron chi connectivity index (χ4n) is 4.39. The molecule has 0 spiro atoms. The molecule has 0 aromatic heterocycles. The molecule has 0 bridgehead atoms. The molecule has 156 valence electrons. The number of hydrogen-bond donors (Lipinski definition) is 0. The Morgan fingerprint density at radius 1 is 0.815 bits per heavy atom. The van der Waals surface area contributed by atoms with Gasteiger partial charge < -0.3 is 4.90 Å². The van der Waals surface area contributed by atoms with Gasteiger partial charge in [-0.15, -0.1) is 0 Å². The van der Waals surface area contributed by atoms with Gasteiger partial charge in [-0.05, 0) is 62.5 Å². The fourth-order valence-corrected chi connectivity index (χ4v) is 4.39. The number of anilines is 1. The van der Waals surface area contributed by atoms with Crippen molar-refractivity contribution in [1.82, 2.24) is 0 Å². The standard InChI is InChI=1S/C26H47N/c1-10-24(6,7)20-19-22(5)27(23-17-15-14-16-18-23)26(9,13-4)21-25(8,11-2)12-3/h14-18,22H,10-13,19-21H2,1-9H3. The molecule has 1 rings (SSSR count). The molecule has 2 unspecified atom stereocenters. The van der Waals surface area contributed by atoms with Crippen LogP contribution in [0.5, 0.6) is 0 Å². The van der Waals surface area contributed by atoms with Gasteiger partial charge in [-0.25, -0.2) is 0 Å². The number of hydrogen-bond acceptors (Lipinski definition) is 1. The lowest BCUT2D eigenvalue weighted by atomic mass is 9.71. The van der Waals surface area contributed by atoms with Gasteiger partial charge in [0.15, 0.2) is 0 Å². The molecule has 1 heteroatoms. The SMILES string of the molecule is CCC(C)(C)CCC(C)N(c1ccccc1)C(C)(CC)CC(C)(CC)CC. The molecule has 0 saturated carbocycles. The van der Waals surface area contributed by atoms with Crippen LogP contribution in [0.4, 0.5) is 5.69 Å². The van der Waals surface area contributed by atoms with E-state index in [1.807, 2.05) is 0 Å². The number of para-hydroxylation sites is 1. The average molecular weight is 374 g/mol. The minimum atomic E-state index is 0.178. The molecular formula is C26H47N. The predicted octanol–water partition coefficient (Wildman–Crippen LogP) is 8.48. The van der Waals surface area contributed by atoms with Crippen molar-refractivity contribution >= 4 is 5.69 Å². The van der Waals surface area contributed by atoms with Crippen molar-refractivity contribution in [1.29, 1.82) is 0 Å². The highest BCUT2D eigenvalue weighted by Gasteiger charge is 2.39. The first kappa shape index (κ1) is 24.1. The van der Waals surface area contributed by atoms with E-state index in [1.165, 1.54) is 50.6 Å². The summed E-state index contributed by atoms with van der Waals surface area (Å²) in [7, 11) is 0. The number of benzene rings is 1. The lowest BCUT2D eigenvalue weighted by Crippen LogP contribution is -2.53. The van der Waals surface area contributed by atoms with Crippen molar-refractivity contribution in [3.8, 4) is 0 Å². The lowest BCUT2D eigenvalue weighted by molar-refractivity contribution is 0.182. The van der Waals surface area contributed by atoms with Gasteiger partial charge in [0, 0.05) is 17.3 Å². The number of nitrogens with zero attached hydrogens (tertiary/aromatic N) is 1. The van der Waals surface area contributed by atoms with E-state index in [2.05, 4.69) is 97.5 Å². The zero-order valence-electron chi connectivity index (χ0n) is 19.9. The summed E-state index contributed by atoms with van der Waals surface area (Å²) < 4.78 is 0. The Labute approximate surface area is 170 Å². The molecule has 0 aliphatic rings. The molecule has 0 amide bonds. The minimum Gasteiger partial charge on any atom is -0.363 e. The van der Waals surface area contributed by atoms with Gasteiger partial charge in [0.25, 0.3) is 0 Å². The maximum absolute atomic E-state index is 2.77. The average Bonchev–Trinajstić information content (AvgIpc) is 2.67. The molecule has 0 aliphatic carbocycles. The second-order valence-electron chi connectivity index (χ2n) is 10.2. The summed E-state index contributed by atoms with van der Waals surface area (Å²) in [5, 5.41) is 0. The van der Waals surface area contributed by atoms with Crippen molar-refractivity contribution in [2.24, 2.45) is 10.8 Å². The second-order valence-corrected chi connectivity index (χ2v) is 10.2. The molecule has 0 N–H and O–H groups in total. The smallest absolute Gasteiger partial charge is 0.0379 e. The molecule has 2 atom stereocenters. The normalized spacial score (nSPS) is 16.0. The van der Waals surface area contributed by atoms with Crippen molar-refractivity contribution in [3.05, 3.63) is 30.3 Å². The van der Waals surface area contributed by atoms with Crippen LogP contribution in [0.2, 0.25) is 0 Å². The first-order chi connectivity index (χ1) is 12.6. The van der Waals surface area contributed by atoms with E-state index in [0.717, 1.165) is 0 Å². The second kappa shape index (κ2) is 9.99. The molecule has 0 saturated heterocycles. The first-order valence-corrected chi connectivity index (χ1v) is 11.4. The summed E-state index contributed by atoms with van der Waals surface area (Å²) in [6, 6.07) is 11.7. The quantitative estimate of drug-likeness (QED) is 0.355. The van der Waals surface area contributed by atoms with Gasteiger partial charge in [-0.1, -0.05) is 85.9 Å². The maximum atomic E-state index is 2.77. The van der Waals surface area contributed by atoms with Crippen LogP contribution in [0.1, 0.15) is 107 Å². The molecule has 0 fully saturated rings. The highest BCUT2D eigenvalue weighted by molar-refractivity contribution is 5.50.